The van der Waals surface area contributed by atoms with Crippen LogP contribution in [0.1, 0.15) is 45.1 Å². The molecule has 3 atom stereocenters. The fourth-order valence-corrected chi connectivity index (χ4v) is 3.19. The molecule has 1 heterocycles. The monoisotopic (exact) mass is 360 g/mol. The van der Waals surface area contributed by atoms with Gasteiger partial charge in [0, 0.05) is 24.8 Å². The van der Waals surface area contributed by atoms with Crippen molar-refractivity contribution in [1.82, 2.24) is 16.0 Å². The first-order chi connectivity index (χ1) is 12.4. The lowest BCUT2D eigenvalue weighted by molar-refractivity contribution is -0.123. The SMILES string of the molecule is CC[C@H](C)NC(=O)[C@H]1C[C@@H](C)N(CC(=O)NC(=O)NC)c2ccccc21. The first-order valence-electron chi connectivity index (χ1n) is 9.04. The van der Waals surface area contributed by atoms with E-state index >= 15 is 0 Å². The van der Waals surface area contributed by atoms with Gasteiger partial charge in [0.05, 0.1) is 12.5 Å². The number of para-hydroxylation sites is 1. The summed E-state index contributed by atoms with van der Waals surface area (Å²) >= 11 is 0. The van der Waals surface area contributed by atoms with Crippen molar-refractivity contribution in [3.05, 3.63) is 29.8 Å². The molecule has 0 radical (unpaired) electrons. The molecule has 3 N–H and O–H groups in total. The van der Waals surface area contributed by atoms with Crippen molar-refractivity contribution in [1.29, 1.82) is 0 Å². The summed E-state index contributed by atoms with van der Waals surface area (Å²) in [7, 11) is 1.46. The van der Waals surface area contributed by atoms with E-state index in [9.17, 15) is 14.4 Å². The second kappa shape index (κ2) is 8.69. The molecule has 0 unspecified atom stereocenters. The molecule has 0 aromatic heterocycles. The first-order valence-corrected chi connectivity index (χ1v) is 9.04. The molecule has 1 aromatic rings. The Morgan fingerprint density at radius 1 is 1.27 bits per heavy atom. The second-order valence-electron chi connectivity index (χ2n) is 6.77. The zero-order chi connectivity index (χ0) is 19.3. The molecule has 1 aromatic carbocycles. The Bertz CT molecular complexity index is 677. The third-order valence-electron chi connectivity index (χ3n) is 4.84. The molecule has 2 rings (SSSR count). The number of hydrogen-bond acceptors (Lipinski definition) is 4. The summed E-state index contributed by atoms with van der Waals surface area (Å²) < 4.78 is 0. The van der Waals surface area contributed by atoms with Crippen molar-refractivity contribution in [2.45, 2.75) is 51.6 Å². The van der Waals surface area contributed by atoms with E-state index in [1.165, 1.54) is 7.05 Å². The smallest absolute Gasteiger partial charge is 0.321 e. The van der Waals surface area contributed by atoms with Crippen LogP contribution in [0.2, 0.25) is 0 Å². The minimum absolute atomic E-state index is 0.00646. The molecular weight excluding hydrogens is 332 g/mol. The van der Waals surface area contributed by atoms with Gasteiger partial charge in [0.15, 0.2) is 0 Å². The molecule has 0 fully saturated rings. The Hall–Kier alpha value is -2.57. The van der Waals surface area contributed by atoms with Crippen LogP contribution in [0.25, 0.3) is 0 Å². The molecule has 1 aliphatic rings. The zero-order valence-electron chi connectivity index (χ0n) is 15.8. The predicted octanol–water partition coefficient (Wildman–Crippen LogP) is 1.74. The lowest BCUT2D eigenvalue weighted by atomic mass is 9.85. The topological polar surface area (TPSA) is 90.5 Å². The van der Waals surface area contributed by atoms with E-state index in [1.807, 2.05) is 49.9 Å². The van der Waals surface area contributed by atoms with E-state index in [2.05, 4.69) is 16.0 Å². The highest BCUT2D eigenvalue weighted by Gasteiger charge is 2.35. The number of nitrogens with zero attached hydrogens (tertiary/aromatic N) is 1. The van der Waals surface area contributed by atoms with Crippen molar-refractivity contribution < 1.29 is 14.4 Å². The van der Waals surface area contributed by atoms with Crippen LogP contribution >= 0.6 is 0 Å². The number of rotatable bonds is 5. The molecule has 142 valence electrons. The van der Waals surface area contributed by atoms with Crippen LogP contribution < -0.4 is 20.9 Å². The maximum atomic E-state index is 12.7. The van der Waals surface area contributed by atoms with Crippen molar-refractivity contribution >= 4 is 23.5 Å². The van der Waals surface area contributed by atoms with Gasteiger partial charge < -0.3 is 15.5 Å². The quantitative estimate of drug-likeness (QED) is 0.746. The number of fused-ring (bicyclic) bond motifs is 1. The molecule has 0 saturated carbocycles. The van der Waals surface area contributed by atoms with Gasteiger partial charge in [0.25, 0.3) is 0 Å². The number of benzene rings is 1. The molecule has 4 amide bonds. The normalized spacial score (nSPS) is 19.9. The van der Waals surface area contributed by atoms with E-state index in [0.29, 0.717) is 6.42 Å². The van der Waals surface area contributed by atoms with E-state index in [1.54, 1.807) is 0 Å². The van der Waals surface area contributed by atoms with Gasteiger partial charge >= 0.3 is 6.03 Å². The fourth-order valence-electron chi connectivity index (χ4n) is 3.19. The summed E-state index contributed by atoms with van der Waals surface area (Å²) in [5, 5.41) is 7.71. The predicted molar refractivity (Wildman–Crippen MR) is 101 cm³/mol. The highest BCUT2D eigenvalue weighted by Crippen LogP contribution is 2.38. The maximum Gasteiger partial charge on any atom is 0.321 e. The molecule has 0 saturated heterocycles. The van der Waals surface area contributed by atoms with Crippen LogP contribution in [0.5, 0.6) is 0 Å². The third-order valence-corrected chi connectivity index (χ3v) is 4.84. The number of anilines is 1. The minimum Gasteiger partial charge on any atom is -0.359 e. The van der Waals surface area contributed by atoms with E-state index < -0.39 is 6.03 Å². The van der Waals surface area contributed by atoms with Crippen LogP contribution in [-0.4, -0.2) is 43.5 Å². The zero-order valence-corrected chi connectivity index (χ0v) is 15.8. The van der Waals surface area contributed by atoms with Crippen LogP contribution in [0, 0.1) is 0 Å². The highest BCUT2D eigenvalue weighted by atomic mass is 16.2. The molecule has 0 bridgehead atoms. The second-order valence-corrected chi connectivity index (χ2v) is 6.77. The molecule has 1 aliphatic heterocycles. The Balaban J connectivity index is 2.22. The average Bonchev–Trinajstić information content (AvgIpc) is 2.63. The molecule has 7 nitrogen and oxygen atoms in total. The minimum atomic E-state index is -0.529. The lowest BCUT2D eigenvalue weighted by Gasteiger charge is -2.40. The van der Waals surface area contributed by atoms with Gasteiger partial charge in [-0.2, -0.15) is 0 Å². The van der Waals surface area contributed by atoms with E-state index in [-0.39, 0.29) is 36.4 Å². The Morgan fingerprint density at radius 3 is 2.62 bits per heavy atom. The van der Waals surface area contributed by atoms with Gasteiger partial charge in [-0.25, -0.2) is 4.79 Å². The Labute approximate surface area is 154 Å². The summed E-state index contributed by atoms with van der Waals surface area (Å²) in [5.74, 6) is -0.602. The summed E-state index contributed by atoms with van der Waals surface area (Å²) in [5.41, 5.74) is 1.78. The number of carbonyl (C=O) groups is 3. The van der Waals surface area contributed by atoms with E-state index in [4.69, 9.17) is 0 Å². The Morgan fingerprint density at radius 2 is 1.96 bits per heavy atom. The average molecular weight is 360 g/mol. The molecule has 26 heavy (non-hydrogen) atoms. The van der Waals surface area contributed by atoms with Gasteiger partial charge in [0.2, 0.25) is 11.8 Å². The summed E-state index contributed by atoms with van der Waals surface area (Å²) in [4.78, 5) is 38.2. The summed E-state index contributed by atoms with van der Waals surface area (Å²) in [6, 6.07) is 7.24. The lowest BCUT2D eigenvalue weighted by Crippen LogP contribution is -2.49. The van der Waals surface area contributed by atoms with Gasteiger partial charge in [-0.1, -0.05) is 25.1 Å². The number of urea groups is 1. The molecule has 0 spiro atoms. The van der Waals surface area contributed by atoms with Crippen LogP contribution in [-0.2, 0) is 9.59 Å². The standard InChI is InChI=1S/C19H28N4O3/c1-5-12(2)21-18(25)15-10-13(3)23(11-17(24)22-19(26)20-4)16-9-7-6-8-14(15)16/h6-9,12-13,15H,5,10-11H2,1-4H3,(H,21,25)(H2,20,22,24,26)/t12-,13+,15-/m0/s1. The van der Waals surface area contributed by atoms with Crippen molar-refractivity contribution in [3.8, 4) is 0 Å². The van der Waals surface area contributed by atoms with Crippen LogP contribution in [0.3, 0.4) is 0 Å². The Kier molecular flexibility index (Phi) is 6.60. The van der Waals surface area contributed by atoms with Crippen molar-refractivity contribution in [2.24, 2.45) is 0 Å². The largest absolute Gasteiger partial charge is 0.359 e. The number of imide groups is 1. The van der Waals surface area contributed by atoms with Gasteiger partial charge in [0.1, 0.15) is 0 Å². The molecular formula is C19H28N4O3. The van der Waals surface area contributed by atoms with Gasteiger partial charge in [-0.05, 0) is 38.3 Å². The first kappa shape index (κ1) is 19.8. The molecule has 0 aliphatic carbocycles. The third kappa shape index (κ3) is 4.53. The number of hydrogen-bond donors (Lipinski definition) is 3. The van der Waals surface area contributed by atoms with Crippen molar-refractivity contribution in [2.75, 3.05) is 18.5 Å². The maximum absolute atomic E-state index is 12.7. The fraction of sp³-hybridized carbons (Fsp3) is 0.526. The van der Waals surface area contributed by atoms with Gasteiger partial charge in [-0.3, -0.25) is 14.9 Å². The number of nitrogens with one attached hydrogen (secondary N) is 3. The number of carbonyl (C=O) groups excluding carboxylic acids is 3. The summed E-state index contributed by atoms with van der Waals surface area (Å²) in [6.45, 7) is 6.08. The van der Waals surface area contributed by atoms with E-state index in [0.717, 1.165) is 17.7 Å². The van der Waals surface area contributed by atoms with Crippen LogP contribution in [0.4, 0.5) is 10.5 Å². The summed E-state index contributed by atoms with van der Waals surface area (Å²) in [6.07, 6.45) is 1.49. The van der Waals surface area contributed by atoms with Gasteiger partial charge in [-0.15, -0.1) is 0 Å². The number of amides is 4. The molecule has 7 heteroatoms. The van der Waals surface area contributed by atoms with Crippen molar-refractivity contribution in [3.63, 3.8) is 0 Å². The highest BCUT2D eigenvalue weighted by molar-refractivity contribution is 5.97. The van der Waals surface area contributed by atoms with Crippen LogP contribution in [0.15, 0.2) is 24.3 Å².